The van der Waals surface area contributed by atoms with E-state index in [4.69, 9.17) is 4.74 Å². The highest BCUT2D eigenvalue weighted by molar-refractivity contribution is 7.19. The van der Waals surface area contributed by atoms with E-state index in [1.165, 1.54) is 23.7 Å². The Morgan fingerprint density at radius 2 is 1.31 bits per heavy atom. The van der Waals surface area contributed by atoms with E-state index in [0.717, 1.165) is 82.9 Å². The van der Waals surface area contributed by atoms with Gasteiger partial charge in [0.25, 0.3) is 0 Å². The van der Waals surface area contributed by atoms with Gasteiger partial charge in [0.15, 0.2) is 11.6 Å². The van der Waals surface area contributed by atoms with E-state index in [1.54, 1.807) is 50.9 Å². The summed E-state index contributed by atoms with van der Waals surface area (Å²) < 4.78 is 37.4. The number of piperidine rings is 2. The molecule has 8 aromatic rings. The number of carbonyl (C=O) groups is 1. The number of hydrogen-bond donors (Lipinski definition) is 3. The van der Waals surface area contributed by atoms with Gasteiger partial charge in [-0.3, -0.25) is 0 Å². The number of pyridine rings is 2. The van der Waals surface area contributed by atoms with Gasteiger partial charge in [-0.05, 0) is 115 Å². The first-order chi connectivity index (χ1) is 29.4. The third kappa shape index (κ3) is 8.78. The minimum absolute atomic E-state index is 0.0232. The maximum atomic E-state index is 14.9. The zero-order valence-corrected chi connectivity index (χ0v) is 37.7. The number of amides is 1. The van der Waals surface area contributed by atoms with Gasteiger partial charge >= 0.3 is 6.09 Å². The average molecular weight is 897 g/mol. The molecule has 2 aliphatic rings. The second kappa shape index (κ2) is 17.1. The van der Waals surface area contributed by atoms with E-state index in [9.17, 15) is 13.6 Å². The molecule has 8 heterocycles. The zero-order chi connectivity index (χ0) is 42.4. The van der Waals surface area contributed by atoms with Crippen molar-refractivity contribution in [2.45, 2.75) is 89.8 Å². The Morgan fingerprint density at radius 3 is 1.85 bits per heavy atom. The molecule has 6 aromatic heterocycles. The predicted octanol–water partition coefficient (Wildman–Crippen LogP) is 12.9. The second-order valence-electron chi connectivity index (χ2n) is 16.7. The van der Waals surface area contributed by atoms with Crippen LogP contribution in [0.1, 0.15) is 81.9 Å². The average Bonchev–Trinajstić information content (AvgIpc) is 4.06. The molecule has 0 radical (unpaired) electrons. The molecule has 3 N–H and O–H groups in total. The Bertz CT molecular complexity index is 2870. The fraction of sp³-hybridized carbons (Fsp3) is 0.356. The molecule has 2 aromatic carbocycles. The molecule has 16 heteroatoms. The van der Waals surface area contributed by atoms with Crippen LogP contribution in [0, 0.1) is 11.6 Å². The van der Waals surface area contributed by atoms with E-state index in [1.807, 2.05) is 73.6 Å². The lowest BCUT2D eigenvalue weighted by atomic mass is 9.89. The number of thiazole rings is 2. The summed E-state index contributed by atoms with van der Waals surface area (Å²) in [5.74, 6) is -0.134. The smallest absolute Gasteiger partial charge is 0.410 e. The zero-order valence-electron chi connectivity index (χ0n) is 34.4. The molecule has 4 unspecified atom stereocenters. The first-order valence-electron chi connectivity index (χ1n) is 20.5. The summed E-state index contributed by atoms with van der Waals surface area (Å²) in [6.07, 6.45) is 6.48. The number of likely N-dealkylation sites (tertiary alicyclic amines) is 1. The van der Waals surface area contributed by atoms with Crippen LogP contribution in [0.2, 0.25) is 0 Å². The van der Waals surface area contributed by atoms with Gasteiger partial charge in [0, 0.05) is 62.4 Å². The lowest BCUT2D eigenvalue weighted by Gasteiger charge is -2.39. The highest BCUT2D eigenvalue weighted by Gasteiger charge is 2.36. The number of nitrogens with zero attached hydrogens (tertiary/aromatic N) is 5. The Kier molecular flexibility index (Phi) is 11.6. The Hall–Kier alpha value is -4.87. The molecule has 10 rings (SSSR count). The minimum atomic E-state index is -0.537. The van der Waals surface area contributed by atoms with Gasteiger partial charge < -0.3 is 25.6 Å². The SMILES string of the molecule is CC1C(c2cc3c(Nc4ccc5scnc5c4)c(F)cnc3s2)CCCN1C(=O)OC(C)(C)C.CC1NCCCC1c1cc2c(Nc3ccc4scnc4c3)c(F)cnc2s1. The molecule has 61 heavy (non-hydrogen) atoms. The molecule has 0 spiro atoms. The fourth-order valence-electron chi connectivity index (χ4n) is 8.28. The van der Waals surface area contributed by atoms with Crippen molar-refractivity contribution in [2.24, 2.45) is 0 Å². The van der Waals surface area contributed by atoms with Crippen LogP contribution in [0.5, 0.6) is 0 Å². The second-order valence-corrected chi connectivity index (χ2v) is 20.6. The number of fused-ring (bicyclic) bond motifs is 4. The fourth-order valence-corrected chi connectivity index (χ4v) is 12.1. The highest BCUT2D eigenvalue weighted by atomic mass is 32.1. The van der Waals surface area contributed by atoms with Crippen molar-refractivity contribution in [3.63, 3.8) is 0 Å². The number of rotatable bonds is 6. The molecule has 0 bridgehead atoms. The molecule has 2 fully saturated rings. The highest BCUT2D eigenvalue weighted by Crippen LogP contribution is 2.43. The molecular weight excluding hydrogens is 851 g/mol. The van der Waals surface area contributed by atoms with Crippen LogP contribution in [0.25, 0.3) is 40.9 Å². The summed E-state index contributed by atoms with van der Waals surface area (Å²) >= 11 is 6.42. The van der Waals surface area contributed by atoms with E-state index < -0.39 is 11.4 Å². The number of thiophene rings is 2. The Morgan fingerprint density at radius 1 is 0.770 bits per heavy atom. The van der Waals surface area contributed by atoms with Crippen LogP contribution < -0.4 is 16.0 Å². The van der Waals surface area contributed by atoms with Crippen molar-refractivity contribution in [1.29, 1.82) is 0 Å². The van der Waals surface area contributed by atoms with Gasteiger partial charge in [-0.15, -0.1) is 45.3 Å². The van der Waals surface area contributed by atoms with Crippen LogP contribution in [-0.2, 0) is 4.74 Å². The molecule has 1 amide bonds. The number of hydrogen-bond acceptors (Lipinski definition) is 13. The van der Waals surface area contributed by atoms with Crippen molar-refractivity contribution in [2.75, 3.05) is 23.7 Å². The number of ether oxygens (including phenoxy) is 1. The van der Waals surface area contributed by atoms with Gasteiger partial charge in [-0.2, -0.15) is 0 Å². The lowest BCUT2D eigenvalue weighted by molar-refractivity contribution is 0.00910. The van der Waals surface area contributed by atoms with E-state index in [-0.39, 0.29) is 23.9 Å². The van der Waals surface area contributed by atoms with Crippen LogP contribution in [0.15, 0.2) is 71.9 Å². The van der Waals surface area contributed by atoms with Gasteiger partial charge in [-0.1, -0.05) is 0 Å². The monoisotopic (exact) mass is 896 g/mol. The third-order valence-electron chi connectivity index (χ3n) is 11.4. The third-order valence-corrected chi connectivity index (χ3v) is 15.3. The Balaban J connectivity index is 0.000000160. The number of aromatic nitrogens is 4. The van der Waals surface area contributed by atoms with Crippen molar-refractivity contribution in [3.8, 4) is 0 Å². The number of benzene rings is 2. The van der Waals surface area contributed by atoms with Crippen molar-refractivity contribution >= 4 is 115 Å². The van der Waals surface area contributed by atoms with Crippen LogP contribution >= 0.6 is 45.3 Å². The number of halogens is 2. The maximum Gasteiger partial charge on any atom is 0.410 e. The molecule has 4 atom stereocenters. The molecule has 2 saturated heterocycles. The minimum Gasteiger partial charge on any atom is -0.444 e. The van der Waals surface area contributed by atoms with Crippen molar-refractivity contribution in [1.82, 2.24) is 30.2 Å². The number of anilines is 4. The summed E-state index contributed by atoms with van der Waals surface area (Å²) in [7, 11) is 0. The first kappa shape index (κ1) is 41.5. The van der Waals surface area contributed by atoms with Gasteiger partial charge in [0.2, 0.25) is 0 Å². The maximum absolute atomic E-state index is 14.9. The summed E-state index contributed by atoms with van der Waals surface area (Å²) in [4.78, 5) is 36.0. The van der Waals surface area contributed by atoms with Crippen molar-refractivity contribution < 1.29 is 18.3 Å². The van der Waals surface area contributed by atoms with Crippen LogP contribution in [-0.4, -0.2) is 61.7 Å². The summed E-state index contributed by atoms with van der Waals surface area (Å²) in [6, 6.07) is 16.3. The lowest BCUT2D eigenvalue weighted by Crippen LogP contribution is -2.47. The number of carbonyl (C=O) groups excluding carboxylic acids is 1. The van der Waals surface area contributed by atoms with Gasteiger partial charge in [0.1, 0.15) is 15.3 Å². The van der Waals surface area contributed by atoms with Crippen LogP contribution in [0.4, 0.5) is 36.3 Å². The van der Waals surface area contributed by atoms with Gasteiger partial charge in [0.05, 0.1) is 55.2 Å². The molecule has 0 saturated carbocycles. The Labute approximate surface area is 368 Å². The van der Waals surface area contributed by atoms with E-state index in [0.29, 0.717) is 29.9 Å². The molecular formula is C45H46F2N8O2S4. The topological polar surface area (TPSA) is 117 Å². The predicted molar refractivity (Wildman–Crippen MR) is 249 cm³/mol. The first-order valence-corrected chi connectivity index (χ1v) is 23.9. The quantitative estimate of drug-likeness (QED) is 0.150. The van der Waals surface area contributed by atoms with E-state index >= 15 is 0 Å². The molecule has 316 valence electrons. The summed E-state index contributed by atoms with van der Waals surface area (Å²) in [5.41, 5.74) is 7.41. The summed E-state index contributed by atoms with van der Waals surface area (Å²) in [6.45, 7) is 11.7. The standard InChI is InChI=1S/C25H27FN4O2S2.C20H19FN4S2/c1-14-16(6-5-9-30(14)24(31)32-25(2,3)4)21-11-17-22(18(26)12-27-23(17)34-21)29-15-7-8-20-19(10-15)28-13-33-20;1-11-13(3-2-6-22-11)18-8-14-19(15(21)9-23-20(14)27-18)25-12-4-5-17-16(7-12)24-10-26-17/h7-8,10-14,16H,5-6,9H2,1-4H3,(H,27,29);4-5,7-11,13,22H,2-3,6H2,1H3,(H,23,25). The largest absolute Gasteiger partial charge is 0.444 e. The normalized spacial score (nSPS) is 19.6. The van der Waals surface area contributed by atoms with Crippen LogP contribution in [0.3, 0.4) is 0 Å². The van der Waals surface area contributed by atoms with E-state index in [2.05, 4.69) is 55.8 Å². The molecule has 10 nitrogen and oxygen atoms in total. The van der Waals surface area contributed by atoms with Crippen molar-refractivity contribution in [3.05, 3.63) is 93.3 Å². The summed E-state index contributed by atoms with van der Waals surface area (Å²) in [5, 5.41) is 11.7. The molecule has 2 aliphatic heterocycles. The number of nitrogens with one attached hydrogen (secondary N) is 3. The molecule has 0 aliphatic carbocycles. The van der Waals surface area contributed by atoms with Gasteiger partial charge in [-0.25, -0.2) is 33.5 Å².